The largest absolute Gasteiger partial charge is 0.493 e. The summed E-state index contributed by atoms with van der Waals surface area (Å²) in [6, 6.07) is 10.3. The fourth-order valence-electron chi connectivity index (χ4n) is 2.02. The van der Waals surface area contributed by atoms with Gasteiger partial charge in [-0.25, -0.2) is 0 Å². The molecule has 0 unspecified atom stereocenters. The van der Waals surface area contributed by atoms with Crippen molar-refractivity contribution in [2.75, 3.05) is 7.11 Å². The van der Waals surface area contributed by atoms with Crippen LogP contribution < -0.4 is 10.2 Å². The maximum absolute atomic E-state index is 12.4. The Labute approximate surface area is 108 Å². The molecule has 0 bridgehead atoms. The number of hydrogen-bond acceptors (Lipinski definition) is 3. The number of methoxy groups -OCH3 is 1. The number of halogens is 1. The van der Waals surface area contributed by atoms with E-state index < -0.39 is 0 Å². The number of fused-ring (bicyclic) bond motifs is 2. The van der Waals surface area contributed by atoms with Crippen LogP contribution in [-0.2, 0) is 0 Å². The quantitative estimate of drug-likeness (QED) is 0.628. The molecular formula is C14H9ClO3. The third-order valence-corrected chi connectivity index (χ3v) is 3.17. The van der Waals surface area contributed by atoms with Crippen molar-refractivity contribution in [2.45, 2.75) is 0 Å². The van der Waals surface area contributed by atoms with Crippen LogP contribution in [-0.4, -0.2) is 7.11 Å². The fraction of sp³-hybridized carbons (Fsp3) is 0.0714. The molecule has 1 heterocycles. The maximum Gasteiger partial charge on any atom is 0.202 e. The lowest BCUT2D eigenvalue weighted by Crippen LogP contribution is -2.03. The maximum atomic E-state index is 12.4. The zero-order chi connectivity index (χ0) is 12.7. The lowest BCUT2D eigenvalue weighted by molar-refractivity contribution is 0.411. The molecule has 0 aliphatic carbocycles. The monoisotopic (exact) mass is 260 g/mol. The van der Waals surface area contributed by atoms with Crippen molar-refractivity contribution in [2.24, 2.45) is 0 Å². The highest BCUT2D eigenvalue weighted by Gasteiger charge is 2.12. The van der Waals surface area contributed by atoms with Crippen LogP contribution in [0.4, 0.5) is 0 Å². The van der Waals surface area contributed by atoms with Gasteiger partial charge in [0, 0.05) is 0 Å². The van der Waals surface area contributed by atoms with E-state index in [1.165, 1.54) is 7.11 Å². The third-order valence-electron chi connectivity index (χ3n) is 2.86. The molecule has 0 amide bonds. The molecule has 2 aromatic carbocycles. The zero-order valence-corrected chi connectivity index (χ0v) is 10.3. The van der Waals surface area contributed by atoms with Crippen molar-refractivity contribution in [1.29, 1.82) is 0 Å². The number of rotatable bonds is 1. The molecule has 0 radical (unpaired) electrons. The minimum Gasteiger partial charge on any atom is -0.493 e. The van der Waals surface area contributed by atoms with Gasteiger partial charge in [0.2, 0.25) is 5.43 Å². The van der Waals surface area contributed by atoms with Crippen LogP contribution in [0.15, 0.2) is 45.6 Å². The predicted molar refractivity (Wildman–Crippen MR) is 71.6 cm³/mol. The predicted octanol–water partition coefficient (Wildman–Crippen LogP) is 3.61. The summed E-state index contributed by atoms with van der Waals surface area (Å²) in [6.07, 6.45) is 0. The van der Waals surface area contributed by atoms with E-state index in [9.17, 15) is 4.79 Å². The second-order valence-electron chi connectivity index (χ2n) is 3.88. The Bertz CT molecular complexity index is 805. The molecule has 3 rings (SSSR count). The minimum atomic E-state index is -0.143. The Kier molecular flexibility index (Phi) is 2.49. The van der Waals surface area contributed by atoms with Crippen molar-refractivity contribution in [3.05, 3.63) is 51.6 Å². The van der Waals surface area contributed by atoms with Gasteiger partial charge in [-0.05, 0) is 24.3 Å². The molecule has 0 spiro atoms. The van der Waals surface area contributed by atoms with E-state index in [0.29, 0.717) is 32.7 Å². The van der Waals surface area contributed by atoms with Crippen molar-refractivity contribution in [3.8, 4) is 5.75 Å². The molecule has 4 heteroatoms. The highest BCUT2D eigenvalue weighted by atomic mass is 35.5. The fourth-order valence-corrected chi connectivity index (χ4v) is 2.27. The van der Waals surface area contributed by atoms with Crippen molar-refractivity contribution < 1.29 is 9.15 Å². The summed E-state index contributed by atoms with van der Waals surface area (Å²) in [5.41, 5.74) is 0.764. The summed E-state index contributed by atoms with van der Waals surface area (Å²) in [4.78, 5) is 12.4. The van der Waals surface area contributed by atoms with Crippen LogP contribution in [0, 0.1) is 0 Å². The molecule has 18 heavy (non-hydrogen) atoms. The van der Waals surface area contributed by atoms with Crippen LogP contribution in [0.25, 0.3) is 21.9 Å². The molecule has 0 saturated heterocycles. The van der Waals surface area contributed by atoms with E-state index >= 15 is 0 Å². The van der Waals surface area contributed by atoms with Gasteiger partial charge in [-0.1, -0.05) is 23.7 Å². The van der Waals surface area contributed by atoms with Crippen LogP contribution in [0.2, 0.25) is 5.02 Å². The average molecular weight is 261 g/mol. The van der Waals surface area contributed by atoms with Crippen LogP contribution in [0.3, 0.4) is 0 Å². The van der Waals surface area contributed by atoms with E-state index in [4.69, 9.17) is 20.8 Å². The van der Waals surface area contributed by atoms with Gasteiger partial charge in [0.15, 0.2) is 11.3 Å². The highest BCUT2D eigenvalue weighted by Crippen LogP contribution is 2.29. The molecule has 0 atom stereocenters. The second kappa shape index (κ2) is 4.03. The molecule has 0 aliphatic heterocycles. The molecule has 90 valence electrons. The van der Waals surface area contributed by atoms with Gasteiger partial charge in [-0.2, -0.15) is 0 Å². The normalized spacial score (nSPS) is 11.0. The highest BCUT2D eigenvalue weighted by molar-refractivity contribution is 6.35. The average Bonchev–Trinajstić information content (AvgIpc) is 2.38. The Morgan fingerprint density at radius 1 is 1.17 bits per heavy atom. The zero-order valence-electron chi connectivity index (χ0n) is 9.57. The lowest BCUT2D eigenvalue weighted by Gasteiger charge is -2.06. The summed E-state index contributed by atoms with van der Waals surface area (Å²) < 4.78 is 10.9. The Hall–Kier alpha value is -2.00. The first kappa shape index (κ1) is 11.1. The number of hydrogen-bond donors (Lipinski definition) is 0. The van der Waals surface area contributed by atoms with E-state index in [2.05, 4.69) is 0 Å². The molecular weight excluding hydrogens is 252 g/mol. The molecule has 0 saturated carbocycles. The molecule has 0 fully saturated rings. The van der Waals surface area contributed by atoms with Gasteiger partial charge in [-0.3, -0.25) is 4.79 Å². The summed E-state index contributed by atoms with van der Waals surface area (Å²) in [5, 5.41) is 1.26. The van der Waals surface area contributed by atoms with E-state index in [1.807, 2.05) is 0 Å². The first-order valence-electron chi connectivity index (χ1n) is 5.40. The summed E-state index contributed by atoms with van der Waals surface area (Å²) in [7, 11) is 1.54. The van der Waals surface area contributed by atoms with Crippen molar-refractivity contribution in [3.63, 3.8) is 0 Å². The van der Waals surface area contributed by atoms with E-state index in [1.54, 1.807) is 36.4 Å². The number of para-hydroxylation sites is 1. The Morgan fingerprint density at radius 2 is 1.94 bits per heavy atom. The SMILES string of the molecule is COc1cccc2c(=O)c3c(Cl)cccc3oc12. The first-order chi connectivity index (χ1) is 8.72. The molecule has 0 N–H and O–H groups in total. The Morgan fingerprint density at radius 3 is 2.72 bits per heavy atom. The molecule has 1 aromatic heterocycles. The standard InChI is InChI=1S/C14H9ClO3/c1-17-11-7-2-4-8-13(16)12-9(15)5-3-6-10(12)18-14(8)11/h2-7H,1H3. The summed E-state index contributed by atoms with van der Waals surface area (Å²) >= 11 is 6.05. The van der Waals surface area contributed by atoms with Gasteiger partial charge >= 0.3 is 0 Å². The number of benzene rings is 2. The van der Waals surface area contributed by atoms with Crippen LogP contribution in [0.1, 0.15) is 0 Å². The van der Waals surface area contributed by atoms with Crippen LogP contribution in [0.5, 0.6) is 5.75 Å². The number of ether oxygens (including phenoxy) is 1. The minimum absolute atomic E-state index is 0.143. The first-order valence-corrected chi connectivity index (χ1v) is 5.78. The summed E-state index contributed by atoms with van der Waals surface area (Å²) in [5.74, 6) is 0.534. The van der Waals surface area contributed by atoms with E-state index in [-0.39, 0.29) is 5.43 Å². The van der Waals surface area contributed by atoms with Crippen LogP contribution >= 0.6 is 11.6 Å². The second-order valence-corrected chi connectivity index (χ2v) is 4.29. The van der Waals surface area contributed by atoms with Gasteiger partial charge in [0.05, 0.1) is 22.9 Å². The molecule has 3 nitrogen and oxygen atoms in total. The van der Waals surface area contributed by atoms with E-state index in [0.717, 1.165) is 0 Å². The molecule has 3 aromatic rings. The van der Waals surface area contributed by atoms with Gasteiger partial charge in [-0.15, -0.1) is 0 Å². The lowest BCUT2D eigenvalue weighted by atomic mass is 10.1. The third kappa shape index (κ3) is 1.48. The molecule has 0 aliphatic rings. The summed E-state index contributed by atoms with van der Waals surface area (Å²) in [6.45, 7) is 0. The van der Waals surface area contributed by atoms with Gasteiger partial charge in [0.25, 0.3) is 0 Å². The van der Waals surface area contributed by atoms with Crippen molar-refractivity contribution >= 4 is 33.5 Å². The Balaban J connectivity index is 2.61. The smallest absolute Gasteiger partial charge is 0.202 e. The van der Waals surface area contributed by atoms with Gasteiger partial charge in [0.1, 0.15) is 5.58 Å². The topological polar surface area (TPSA) is 39.4 Å². The van der Waals surface area contributed by atoms with Gasteiger partial charge < -0.3 is 9.15 Å². The van der Waals surface area contributed by atoms with Crippen molar-refractivity contribution in [1.82, 2.24) is 0 Å².